The highest BCUT2D eigenvalue weighted by Gasteiger charge is 2.66. The van der Waals surface area contributed by atoms with Gasteiger partial charge in [0.05, 0.1) is 6.61 Å². The highest BCUT2D eigenvalue weighted by atomic mass is 31.2. The molecule has 4 aromatic carbocycles. The molecule has 0 saturated heterocycles. The average molecular weight is 518 g/mol. The summed E-state index contributed by atoms with van der Waals surface area (Å²) >= 11 is 0. The summed E-state index contributed by atoms with van der Waals surface area (Å²) in [5, 5.41) is 0. The third-order valence-electron chi connectivity index (χ3n) is 6.13. The second-order valence-corrected chi connectivity index (χ2v) is 13.1. The predicted molar refractivity (Wildman–Crippen MR) is 142 cm³/mol. The summed E-state index contributed by atoms with van der Waals surface area (Å²) in [6, 6.07) is 36.3. The zero-order chi connectivity index (χ0) is 24.8. The maximum atomic E-state index is 15.9. The van der Waals surface area contributed by atoms with E-state index >= 15 is 4.57 Å². The van der Waals surface area contributed by atoms with E-state index in [2.05, 4.69) is 0 Å². The van der Waals surface area contributed by atoms with Gasteiger partial charge in [-0.1, -0.05) is 121 Å². The summed E-state index contributed by atoms with van der Waals surface area (Å²) in [4.78, 5) is -3.26. The van der Waals surface area contributed by atoms with Crippen molar-refractivity contribution in [2.45, 2.75) is 16.7 Å². The average Bonchev–Trinajstić information content (AvgIpc) is 2.93. The fourth-order valence-corrected chi connectivity index (χ4v) is 11.1. The molecular weight excluding hydrogens is 493 g/mol. The lowest BCUT2D eigenvalue weighted by Crippen LogP contribution is -2.34. The Morgan fingerprint density at radius 1 is 0.571 bits per heavy atom. The monoisotopic (exact) mass is 518 g/mol. The Morgan fingerprint density at radius 3 is 1.03 bits per heavy atom. The largest absolute Gasteiger partial charge is 0.326 e. The molecule has 0 amide bonds. The number of hydrogen-bond acceptors (Lipinski definition) is 4. The molecule has 176 valence electrons. The highest BCUT2D eigenvalue weighted by molar-refractivity contribution is 7.75. The molecule has 35 heavy (non-hydrogen) atoms. The van der Waals surface area contributed by atoms with Crippen molar-refractivity contribution >= 4 is 24.3 Å². The van der Waals surface area contributed by atoms with E-state index in [4.69, 9.17) is 4.52 Å². The van der Waals surface area contributed by atoms with Gasteiger partial charge in [0, 0.05) is 0 Å². The molecule has 0 unspecified atom stereocenters. The molecule has 0 N–H and O–H groups in total. The Labute approximate surface area is 209 Å². The Balaban J connectivity index is 2.22. The van der Waals surface area contributed by atoms with Gasteiger partial charge >= 0.3 is 0 Å². The van der Waals surface area contributed by atoms with Crippen molar-refractivity contribution in [3.8, 4) is 0 Å². The number of rotatable bonds is 10. The van der Waals surface area contributed by atoms with Crippen LogP contribution in [0.15, 0.2) is 121 Å². The molecule has 0 radical (unpaired) electrons. The molecule has 0 saturated carbocycles. The SMILES string of the molecule is CCOP(=O)(C(P=O)(c1ccccc1)c1ccccc1)C(P=O)(c1ccccc1)c1ccccc1. The first-order valence-electron chi connectivity index (χ1n) is 11.3. The second kappa shape index (κ2) is 10.9. The van der Waals surface area contributed by atoms with Crippen LogP contribution in [0.5, 0.6) is 0 Å². The maximum absolute atomic E-state index is 15.9. The maximum Gasteiger partial charge on any atom is 0.255 e. The standard InChI is InChI=1S/C28H25O4P3/c1-2-32-35(31,27(33-29,23-15-7-3-8-16-23)24-17-9-4-10-18-24)28(34-30,25-19-11-5-12-20-25)26-21-13-6-14-22-26/h3-22H,2H2,1H3. The van der Waals surface area contributed by atoms with Gasteiger partial charge in [0.25, 0.3) is 7.37 Å². The van der Waals surface area contributed by atoms with Gasteiger partial charge in [0.15, 0.2) is 26.7 Å². The van der Waals surface area contributed by atoms with Crippen molar-refractivity contribution in [2.24, 2.45) is 0 Å². The predicted octanol–water partition coefficient (Wildman–Crippen LogP) is 8.69. The third-order valence-corrected chi connectivity index (χ3v) is 13.1. The number of hydrogen-bond donors (Lipinski definition) is 0. The van der Waals surface area contributed by atoms with Crippen molar-refractivity contribution in [3.63, 3.8) is 0 Å². The molecule has 0 atom stereocenters. The van der Waals surface area contributed by atoms with Crippen LogP contribution in [0, 0.1) is 0 Å². The van der Waals surface area contributed by atoms with Crippen molar-refractivity contribution in [2.75, 3.05) is 6.61 Å². The minimum atomic E-state index is -4.24. The van der Waals surface area contributed by atoms with Crippen LogP contribution >= 0.6 is 24.3 Å². The van der Waals surface area contributed by atoms with E-state index in [1.54, 1.807) is 55.5 Å². The van der Waals surface area contributed by atoms with Gasteiger partial charge in [0.2, 0.25) is 0 Å². The molecule has 0 aromatic heterocycles. The van der Waals surface area contributed by atoms with Crippen LogP contribution in [-0.2, 0) is 28.0 Å². The lowest BCUT2D eigenvalue weighted by molar-refractivity contribution is 0.316. The summed E-state index contributed by atoms with van der Waals surface area (Å²) in [6.45, 7) is 1.82. The van der Waals surface area contributed by atoms with E-state index in [-0.39, 0.29) is 6.61 Å². The zero-order valence-electron chi connectivity index (χ0n) is 19.2. The van der Waals surface area contributed by atoms with E-state index in [0.29, 0.717) is 22.3 Å². The fraction of sp³-hybridized carbons (Fsp3) is 0.143. The van der Waals surface area contributed by atoms with Crippen molar-refractivity contribution in [1.82, 2.24) is 0 Å². The van der Waals surface area contributed by atoms with Gasteiger partial charge in [-0.05, 0) is 29.2 Å². The Morgan fingerprint density at radius 2 is 0.829 bits per heavy atom. The van der Waals surface area contributed by atoms with Gasteiger partial charge in [-0.25, -0.2) is 0 Å². The summed E-state index contributed by atoms with van der Waals surface area (Å²) in [6.07, 6.45) is 0. The van der Waals surface area contributed by atoms with Crippen molar-refractivity contribution in [3.05, 3.63) is 144 Å². The molecule has 4 nitrogen and oxygen atoms in total. The Kier molecular flexibility index (Phi) is 7.90. The Bertz CT molecular complexity index is 1140. The molecule has 4 aromatic rings. The zero-order valence-corrected chi connectivity index (χ0v) is 21.9. The fourth-order valence-electron chi connectivity index (χ4n) is 4.62. The van der Waals surface area contributed by atoms with Crippen LogP contribution in [0.2, 0.25) is 0 Å². The van der Waals surface area contributed by atoms with Crippen LogP contribution in [-0.4, -0.2) is 6.61 Å². The van der Waals surface area contributed by atoms with Crippen LogP contribution in [0.1, 0.15) is 29.2 Å². The molecule has 0 fully saturated rings. The quantitative estimate of drug-likeness (QED) is 0.197. The van der Waals surface area contributed by atoms with E-state index in [0.717, 1.165) is 0 Å². The molecule has 0 bridgehead atoms. The minimum Gasteiger partial charge on any atom is -0.326 e. The number of benzene rings is 4. The molecule has 0 spiro atoms. The molecule has 0 heterocycles. The summed E-state index contributed by atoms with van der Waals surface area (Å²) in [5.74, 6) is 0. The lowest BCUT2D eigenvalue weighted by atomic mass is 10.0. The van der Waals surface area contributed by atoms with Crippen LogP contribution in [0.3, 0.4) is 0 Å². The van der Waals surface area contributed by atoms with E-state index in [1.165, 1.54) is 0 Å². The van der Waals surface area contributed by atoms with E-state index < -0.39 is 34.1 Å². The van der Waals surface area contributed by atoms with Gasteiger partial charge in [-0.15, -0.1) is 0 Å². The molecule has 7 heteroatoms. The van der Waals surface area contributed by atoms with Crippen LogP contribution in [0.25, 0.3) is 0 Å². The van der Waals surface area contributed by atoms with Crippen LogP contribution < -0.4 is 0 Å². The second-order valence-electron chi connectivity index (χ2n) is 7.96. The van der Waals surface area contributed by atoms with Crippen molar-refractivity contribution in [1.29, 1.82) is 0 Å². The lowest BCUT2D eigenvalue weighted by Gasteiger charge is -2.44. The molecular formula is C28H25O4P3. The Hall–Kier alpha value is -2.73. The third kappa shape index (κ3) is 4.06. The first kappa shape index (κ1) is 25.4. The molecule has 0 aliphatic heterocycles. The normalized spacial score (nSPS) is 14.0. The van der Waals surface area contributed by atoms with Gasteiger partial charge in [0.1, 0.15) is 0 Å². The van der Waals surface area contributed by atoms with Crippen molar-refractivity contribution < 1.29 is 18.2 Å². The minimum absolute atomic E-state index is 0.0746. The van der Waals surface area contributed by atoms with E-state index in [9.17, 15) is 9.13 Å². The molecule has 0 aliphatic carbocycles. The van der Waals surface area contributed by atoms with Gasteiger partial charge in [-0.3, -0.25) is 13.7 Å². The molecule has 0 aliphatic rings. The van der Waals surface area contributed by atoms with Gasteiger partial charge in [-0.2, -0.15) is 0 Å². The smallest absolute Gasteiger partial charge is 0.255 e. The highest BCUT2D eigenvalue weighted by Crippen LogP contribution is 2.84. The summed E-state index contributed by atoms with van der Waals surface area (Å²) < 4.78 is 49.2. The van der Waals surface area contributed by atoms with Crippen LogP contribution in [0.4, 0.5) is 0 Å². The topological polar surface area (TPSA) is 60.4 Å². The summed E-state index contributed by atoms with van der Waals surface area (Å²) in [5.41, 5.74) is 2.22. The first-order chi connectivity index (χ1) is 17.1. The van der Waals surface area contributed by atoms with E-state index in [1.807, 2.05) is 72.8 Å². The van der Waals surface area contributed by atoms with Gasteiger partial charge < -0.3 is 4.52 Å². The molecule has 4 rings (SSSR count). The first-order valence-corrected chi connectivity index (χ1v) is 14.5. The summed E-state index contributed by atoms with van der Waals surface area (Å²) in [7, 11) is -5.10.